The molecule has 1 aliphatic carbocycles. The molecule has 2 saturated heterocycles. The molecule has 2 bridgehead atoms. The van der Waals surface area contributed by atoms with Crippen LogP contribution in [0.4, 0.5) is 5.82 Å². The standard InChI is InChI=1S/C17H16Cl2N4O2/c18-11-5-12(16(24)13(19)6-11)17(25)21-15-9-4-10(15)8-23(7-9)14-2-1-3-20-22-14/h1-3,5-6,9-10,15,24H,4,7-8H2,(H,21,25). The monoisotopic (exact) mass is 378 g/mol. The van der Waals surface area contributed by atoms with Gasteiger partial charge in [-0.05, 0) is 42.5 Å². The second-order valence-corrected chi connectivity index (χ2v) is 7.37. The molecule has 2 N–H and O–H groups in total. The summed E-state index contributed by atoms with van der Waals surface area (Å²) in [6.45, 7) is 1.64. The lowest BCUT2D eigenvalue weighted by Gasteiger charge is -2.53. The van der Waals surface area contributed by atoms with Gasteiger partial charge in [-0.25, -0.2) is 0 Å². The molecule has 2 aliphatic heterocycles. The molecule has 1 saturated carbocycles. The number of aromatic nitrogens is 2. The molecule has 2 unspecified atom stereocenters. The third-order valence-electron chi connectivity index (χ3n) is 4.98. The fourth-order valence-corrected chi connectivity index (χ4v) is 4.23. The number of fused-ring (bicyclic) bond motifs is 2. The Balaban J connectivity index is 1.45. The number of benzene rings is 1. The van der Waals surface area contributed by atoms with Crippen molar-refractivity contribution in [2.45, 2.75) is 12.5 Å². The number of nitrogens with one attached hydrogen (secondary N) is 1. The van der Waals surface area contributed by atoms with Crippen molar-refractivity contribution in [3.05, 3.63) is 46.1 Å². The van der Waals surface area contributed by atoms with E-state index in [9.17, 15) is 9.90 Å². The van der Waals surface area contributed by atoms with Gasteiger partial charge in [-0.15, -0.1) is 5.10 Å². The van der Waals surface area contributed by atoms with Crippen molar-refractivity contribution >= 4 is 34.9 Å². The van der Waals surface area contributed by atoms with Gasteiger partial charge in [0.15, 0.2) is 5.82 Å². The number of phenols is 1. The Morgan fingerprint density at radius 2 is 2.04 bits per heavy atom. The summed E-state index contributed by atoms with van der Waals surface area (Å²) in [4.78, 5) is 14.7. The Hall–Kier alpha value is -2.05. The van der Waals surface area contributed by atoms with Crippen molar-refractivity contribution < 1.29 is 9.90 Å². The predicted octanol–water partition coefficient (Wildman–Crippen LogP) is 2.74. The average molecular weight is 379 g/mol. The van der Waals surface area contributed by atoms with Crippen molar-refractivity contribution in [2.24, 2.45) is 11.8 Å². The van der Waals surface area contributed by atoms with Gasteiger partial charge >= 0.3 is 0 Å². The highest BCUT2D eigenvalue weighted by atomic mass is 35.5. The number of aromatic hydroxyl groups is 1. The second-order valence-electron chi connectivity index (χ2n) is 6.53. The summed E-state index contributed by atoms with van der Waals surface area (Å²) >= 11 is 11.8. The van der Waals surface area contributed by atoms with E-state index in [2.05, 4.69) is 20.4 Å². The molecule has 8 heteroatoms. The predicted molar refractivity (Wildman–Crippen MR) is 95.2 cm³/mol. The maximum Gasteiger partial charge on any atom is 0.255 e. The van der Waals surface area contributed by atoms with Gasteiger partial charge in [0.05, 0.1) is 10.6 Å². The molecule has 0 radical (unpaired) electrons. The first-order chi connectivity index (χ1) is 12.0. The molecule has 1 aromatic carbocycles. The van der Waals surface area contributed by atoms with E-state index in [1.54, 1.807) is 6.20 Å². The minimum atomic E-state index is -0.352. The summed E-state index contributed by atoms with van der Waals surface area (Å²) in [7, 11) is 0. The van der Waals surface area contributed by atoms with Gasteiger partial charge in [0.25, 0.3) is 5.91 Å². The first-order valence-electron chi connectivity index (χ1n) is 8.04. The lowest BCUT2D eigenvalue weighted by atomic mass is 9.66. The summed E-state index contributed by atoms with van der Waals surface area (Å²) in [5.74, 6) is 0.966. The summed E-state index contributed by atoms with van der Waals surface area (Å²) < 4.78 is 0. The highest BCUT2D eigenvalue weighted by molar-refractivity contribution is 6.36. The summed E-state index contributed by atoms with van der Waals surface area (Å²) in [5, 5.41) is 21.5. The number of nitrogens with zero attached hydrogens (tertiary/aromatic N) is 3. The molecule has 25 heavy (non-hydrogen) atoms. The number of carbonyl (C=O) groups is 1. The Labute approximate surface area is 154 Å². The highest BCUT2D eigenvalue weighted by Crippen LogP contribution is 2.41. The van der Waals surface area contributed by atoms with Gasteiger partial charge in [-0.3, -0.25) is 4.79 Å². The van der Waals surface area contributed by atoms with Crippen LogP contribution in [-0.2, 0) is 0 Å². The van der Waals surface area contributed by atoms with Crippen molar-refractivity contribution in [1.82, 2.24) is 15.5 Å². The van der Waals surface area contributed by atoms with E-state index in [-0.39, 0.29) is 28.3 Å². The number of hydrogen-bond acceptors (Lipinski definition) is 5. The van der Waals surface area contributed by atoms with Gasteiger partial charge in [0, 0.05) is 30.4 Å². The highest BCUT2D eigenvalue weighted by Gasteiger charge is 2.47. The van der Waals surface area contributed by atoms with E-state index in [4.69, 9.17) is 23.2 Å². The summed E-state index contributed by atoms with van der Waals surface area (Å²) in [5.41, 5.74) is 0.105. The maximum absolute atomic E-state index is 12.5. The van der Waals surface area contributed by atoms with E-state index in [0.29, 0.717) is 16.9 Å². The Morgan fingerprint density at radius 3 is 2.72 bits per heavy atom. The van der Waals surface area contributed by atoms with Crippen LogP contribution in [0.5, 0.6) is 5.75 Å². The summed E-state index contributed by atoms with van der Waals surface area (Å²) in [6.07, 6.45) is 2.73. The maximum atomic E-state index is 12.5. The Morgan fingerprint density at radius 1 is 1.28 bits per heavy atom. The number of halogens is 2. The topological polar surface area (TPSA) is 78.4 Å². The molecular weight excluding hydrogens is 363 g/mol. The van der Waals surface area contributed by atoms with Crippen LogP contribution in [0.15, 0.2) is 30.5 Å². The lowest BCUT2D eigenvalue weighted by molar-refractivity contribution is 0.0638. The first kappa shape index (κ1) is 16.4. The van der Waals surface area contributed by atoms with Crippen molar-refractivity contribution in [2.75, 3.05) is 18.0 Å². The number of phenolic OH excluding ortho intramolecular Hbond substituents is 1. The number of anilines is 1. The van der Waals surface area contributed by atoms with Crippen LogP contribution in [0.2, 0.25) is 10.0 Å². The smallest absolute Gasteiger partial charge is 0.255 e. The average Bonchev–Trinajstić information content (AvgIpc) is 2.63. The first-order valence-corrected chi connectivity index (χ1v) is 8.80. The van der Waals surface area contributed by atoms with Crippen molar-refractivity contribution in [3.63, 3.8) is 0 Å². The lowest BCUT2D eigenvalue weighted by Crippen LogP contribution is -2.64. The van der Waals surface area contributed by atoms with E-state index in [0.717, 1.165) is 25.3 Å². The largest absolute Gasteiger partial charge is 0.506 e. The van der Waals surface area contributed by atoms with Gasteiger partial charge in [-0.2, -0.15) is 5.10 Å². The van der Waals surface area contributed by atoms with E-state index >= 15 is 0 Å². The molecular formula is C17H16Cl2N4O2. The van der Waals surface area contributed by atoms with Gasteiger partial charge in [0.2, 0.25) is 0 Å². The molecule has 0 spiro atoms. The molecule has 5 rings (SSSR count). The normalized spacial score (nSPS) is 24.6. The van der Waals surface area contributed by atoms with E-state index < -0.39 is 0 Å². The van der Waals surface area contributed by atoms with Crippen LogP contribution in [0.3, 0.4) is 0 Å². The van der Waals surface area contributed by atoms with Crippen LogP contribution < -0.4 is 10.2 Å². The van der Waals surface area contributed by atoms with Crippen LogP contribution in [0, 0.1) is 11.8 Å². The molecule has 6 nitrogen and oxygen atoms in total. The molecule has 1 aromatic heterocycles. The number of amides is 1. The molecule has 3 fully saturated rings. The minimum Gasteiger partial charge on any atom is -0.506 e. The molecule has 130 valence electrons. The third-order valence-corrected chi connectivity index (χ3v) is 5.49. The van der Waals surface area contributed by atoms with Gasteiger partial charge in [-0.1, -0.05) is 23.2 Å². The number of carbonyl (C=O) groups excluding carboxylic acids is 1. The number of rotatable bonds is 3. The van der Waals surface area contributed by atoms with Crippen LogP contribution >= 0.6 is 23.2 Å². The molecule has 1 amide bonds. The molecule has 3 heterocycles. The van der Waals surface area contributed by atoms with Crippen molar-refractivity contribution in [1.29, 1.82) is 0 Å². The zero-order chi connectivity index (χ0) is 17.6. The van der Waals surface area contributed by atoms with Crippen LogP contribution in [0.1, 0.15) is 16.8 Å². The fraction of sp³-hybridized carbons (Fsp3) is 0.353. The number of hydrogen-bond donors (Lipinski definition) is 2. The van der Waals surface area contributed by atoms with Gasteiger partial charge in [0.1, 0.15) is 5.75 Å². The quantitative estimate of drug-likeness (QED) is 0.858. The summed E-state index contributed by atoms with van der Waals surface area (Å²) in [6, 6.07) is 6.73. The Kier molecular flexibility index (Phi) is 4.17. The minimum absolute atomic E-state index is 0.0697. The van der Waals surface area contributed by atoms with Gasteiger partial charge < -0.3 is 15.3 Å². The SMILES string of the molecule is O=C(NC1C2CC1CN(c1cccnn1)C2)c1cc(Cl)cc(Cl)c1O. The van der Waals surface area contributed by atoms with E-state index in [1.807, 2.05) is 12.1 Å². The zero-order valence-corrected chi connectivity index (χ0v) is 14.7. The number of piperidine rings is 2. The second kappa shape index (κ2) is 6.35. The van der Waals surface area contributed by atoms with E-state index in [1.165, 1.54) is 12.1 Å². The van der Waals surface area contributed by atoms with Crippen LogP contribution in [-0.4, -0.2) is 40.3 Å². The third kappa shape index (κ3) is 3.00. The van der Waals surface area contributed by atoms with Crippen molar-refractivity contribution in [3.8, 4) is 5.75 Å². The Bertz CT molecular complexity index is 806. The zero-order valence-electron chi connectivity index (χ0n) is 13.2. The fourth-order valence-electron chi connectivity index (χ4n) is 3.74. The molecule has 2 aromatic rings. The van der Waals surface area contributed by atoms with Crippen LogP contribution in [0.25, 0.3) is 0 Å². The molecule has 3 aliphatic rings. The molecule has 2 atom stereocenters.